The number of nitrogens with zero attached hydrogens (tertiary/aromatic N) is 4. The SMILES string of the molecule is NNc1nc(N)nc2nc(N)c(-c3ccccc3)nc12. The number of nitrogens with two attached hydrogens (primary N) is 3. The lowest BCUT2D eigenvalue weighted by molar-refractivity contribution is 1.14. The van der Waals surface area contributed by atoms with E-state index >= 15 is 0 Å². The molecule has 0 bridgehead atoms. The van der Waals surface area contributed by atoms with Gasteiger partial charge in [0.15, 0.2) is 22.8 Å². The van der Waals surface area contributed by atoms with Crippen molar-refractivity contribution < 1.29 is 0 Å². The first-order valence-electron chi connectivity index (χ1n) is 5.82. The molecule has 0 aliphatic carbocycles. The lowest BCUT2D eigenvalue weighted by atomic mass is 10.1. The summed E-state index contributed by atoms with van der Waals surface area (Å²) in [6.45, 7) is 0. The van der Waals surface area contributed by atoms with Crippen LogP contribution in [0.1, 0.15) is 0 Å². The largest absolute Gasteiger partial charge is 0.382 e. The van der Waals surface area contributed by atoms with E-state index in [1.165, 1.54) is 0 Å². The van der Waals surface area contributed by atoms with E-state index in [1.54, 1.807) is 0 Å². The lowest BCUT2D eigenvalue weighted by Crippen LogP contribution is -2.13. The van der Waals surface area contributed by atoms with Crippen LogP contribution in [0, 0.1) is 0 Å². The van der Waals surface area contributed by atoms with Gasteiger partial charge in [0.25, 0.3) is 0 Å². The Morgan fingerprint density at radius 1 is 0.900 bits per heavy atom. The van der Waals surface area contributed by atoms with Crippen LogP contribution in [0.25, 0.3) is 22.4 Å². The van der Waals surface area contributed by atoms with E-state index in [0.717, 1.165) is 5.56 Å². The molecule has 7 N–H and O–H groups in total. The molecule has 0 spiro atoms. The molecule has 0 atom stereocenters. The molecule has 0 radical (unpaired) electrons. The van der Waals surface area contributed by atoms with Crippen molar-refractivity contribution in [3.05, 3.63) is 30.3 Å². The van der Waals surface area contributed by atoms with Crippen molar-refractivity contribution in [2.75, 3.05) is 16.9 Å². The Labute approximate surface area is 114 Å². The Kier molecular flexibility index (Phi) is 2.77. The molecule has 3 aromatic rings. The van der Waals surface area contributed by atoms with Crippen LogP contribution in [-0.2, 0) is 0 Å². The van der Waals surface area contributed by atoms with E-state index in [2.05, 4.69) is 25.4 Å². The molecule has 100 valence electrons. The van der Waals surface area contributed by atoms with Gasteiger partial charge in [-0.2, -0.15) is 9.97 Å². The Balaban J connectivity index is 2.30. The molecular weight excluding hydrogens is 256 g/mol. The zero-order valence-electron chi connectivity index (χ0n) is 10.4. The van der Waals surface area contributed by atoms with Crippen LogP contribution in [0.4, 0.5) is 17.6 Å². The number of rotatable bonds is 2. The molecule has 8 nitrogen and oxygen atoms in total. The predicted molar refractivity (Wildman–Crippen MR) is 77.2 cm³/mol. The van der Waals surface area contributed by atoms with Crippen molar-refractivity contribution in [2.45, 2.75) is 0 Å². The average molecular weight is 268 g/mol. The summed E-state index contributed by atoms with van der Waals surface area (Å²) in [6, 6.07) is 9.47. The Bertz CT molecular complexity index is 771. The fourth-order valence-corrected chi connectivity index (χ4v) is 1.89. The van der Waals surface area contributed by atoms with Crippen molar-refractivity contribution in [1.82, 2.24) is 19.9 Å². The number of hydrogen-bond acceptors (Lipinski definition) is 8. The molecule has 0 amide bonds. The van der Waals surface area contributed by atoms with Crippen molar-refractivity contribution in [2.24, 2.45) is 5.84 Å². The van der Waals surface area contributed by atoms with Crippen molar-refractivity contribution in [1.29, 1.82) is 0 Å². The maximum atomic E-state index is 5.93. The molecule has 2 heterocycles. The Morgan fingerprint density at radius 2 is 1.65 bits per heavy atom. The molecule has 0 fully saturated rings. The van der Waals surface area contributed by atoms with Crippen LogP contribution in [0.3, 0.4) is 0 Å². The fourth-order valence-electron chi connectivity index (χ4n) is 1.89. The topological polar surface area (TPSA) is 142 Å². The van der Waals surface area contributed by atoms with Gasteiger partial charge in [0, 0.05) is 5.56 Å². The fraction of sp³-hybridized carbons (Fsp3) is 0. The van der Waals surface area contributed by atoms with Crippen LogP contribution >= 0.6 is 0 Å². The molecular formula is C12H12N8. The summed E-state index contributed by atoms with van der Waals surface area (Å²) >= 11 is 0. The third-order valence-electron chi connectivity index (χ3n) is 2.76. The highest BCUT2D eigenvalue weighted by atomic mass is 15.3. The lowest BCUT2D eigenvalue weighted by Gasteiger charge is -2.08. The average Bonchev–Trinajstić information content (AvgIpc) is 2.46. The molecule has 2 aromatic heterocycles. The highest BCUT2D eigenvalue weighted by Crippen LogP contribution is 2.26. The first-order valence-corrected chi connectivity index (χ1v) is 5.82. The minimum Gasteiger partial charge on any atom is -0.382 e. The Hall–Kier alpha value is -3.00. The molecule has 20 heavy (non-hydrogen) atoms. The van der Waals surface area contributed by atoms with Crippen molar-refractivity contribution in [3.8, 4) is 11.3 Å². The highest BCUT2D eigenvalue weighted by Gasteiger charge is 2.13. The maximum absolute atomic E-state index is 5.93. The summed E-state index contributed by atoms with van der Waals surface area (Å²) in [5.41, 5.74) is 16.0. The van der Waals surface area contributed by atoms with Gasteiger partial charge in [-0.05, 0) is 0 Å². The summed E-state index contributed by atoms with van der Waals surface area (Å²) in [4.78, 5) is 16.6. The summed E-state index contributed by atoms with van der Waals surface area (Å²) in [6.07, 6.45) is 0. The molecule has 0 unspecified atom stereocenters. The van der Waals surface area contributed by atoms with Crippen LogP contribution in [-0.4, -0.2) is 19.9 Å². The van der Waals surface area contributed by atoms with Crippen LogP contribution in [0.5, 0.6) is 0 Å². The number of nitrogens with one attached hydrogen (secondary N) is 1. The van der Waals surface area contributed by atoms with Gasteiger partial charge in [-0.3, -0.25) is 0 Å². The van der Waals surface area contributed by atoms with Gasteiger partial charge in [0.2, 0.25) is 5.95 Å². The predicted octanol–water partition coefficient (Wildman–Crippen LogP) is 0.537. The highest BCUT2D eigenvalue weighted by molar-refractivity contribution is 5.87. The molecule has 8 heteroatoms. The van der Waals surface area contributed by atoms with Gasteiger partial charge in [-0.15, -0.1) is 0 Å². The number of benzene rings is 1. The summed E-state index contributed by atoms with van der Waals surface area (Å²) in [5.74, 6) is 6.04. The standard InChI is InChI=1S/C12H12N8/c13-9-7(6-4-2-1-3-5-6)16-8-10(17-9)18-12(14)19-11(8)20-15/h1-5H,15H2,(H5,13,14,17,18,19,20). The van der Waals surface area contributed by atoms with Gasteiger partial charge in [-0.1, -0.05) is 30.3 Å². The van der Waals surface area contributed by atoms with Crippen LogP contribution in [0.15, 0.2) is 30.3 Å². The second kappa shape index (κ2) is 4.59. The summed E-state index contributed by atoms with van der Waals surface area (Å²) < 4.78 is 0. The van der Waals surface area contributed by atoms with E-state index in [-0.39, 0.29) is 11.8 Å². The molecule has 3 rings (SSSR count). The van der Waals surface area contributed by atoms with Gasteiger partial charge < -0.3 is 16.9 Å². The van der Waals surface area contributed by atoms with E-state index in [1.807, 2.05) is 30.3 Å². The first kappa shape index (κ1) is 12.1. The smallest absolute Gasteiger partial charge is 0.224 e. The molecule has 0 saturated heterocycles. The van der Waals surface area contributed by atoms with E-state index in [0.29, 0.717) is 22.7 Å². The van der Waals surface area contributed by atoms with Crippen molar-refractivity contribution in [3.63, 3.8) is 0 Å². The normalized spacial score (nSPS) is 10.7. The third kappa shape index (κ3) is 1.93. The van der Waals surface area contributed by atoms with Gasteiger partial charge in [-0.25, -0.2) is 15.8 Å². The van der Waals surface area contributed by atoms with Gasteiger partial charge in [0.1, 0.15) is 5.69 Å². The minimum absolute atomic E-state index is 0.0478. The number of fused-ring (bicyclic) bond motifs is 1. The Morgan fingerprint density at radius 3 is 2.35 bits per heavy atom. The number of anilines is 3. The summed E-state index contributed by atoms with van der Waals surface area (Å²) in [5, 5.41) is 0. The number of hydrazine groups is 1. The van der Waals surface area contributed by atoms with Gasteiger partial charge in [0.05, 0.1) is 0 Å². The zero-order valence-corrected chi connectivity index (χ0v) is 10.4. The molecule has 0 aliphatic rings. The minimum atomic E-state index is 0.0478. The third-order valence-corrected chi connectivity index (χ3v) is 2.76. The van der Waals surface area contributed by atoms with Crippen LogP contribution in [0.2, 0.25) is 0 Å². The number of aromatic nitrogens is 4. The second-order valence-electron chi connectivity index (χ2n) is 4.07. The monoisotopic (exact) mass is 268 g/mol. The van der Waals surface area contributed by atoms with E-state index < -0.39 is 0 Å². The first-order chi connectivity index (χ1) is 9.69. The number of hydrogen-bond donors (Lipinski definition) is 4. The molecule has 0 saturated carbocycles. The van der Waals surface area contributed by atoms with Crippen molar-refractivity contribution >= 4 is 28.7 Å². The number of nitrogen functional groups attached to an aromatic ring is 3. The maximum Gasteiger partial charge on any atom is 0.224 e. The zero-order chi connectivity index (χ0) is 14.1. The second-order valence-corrected chi connectivity index (χ2v) is 4.07. The van der Waals surface area contributed by atoms with E-state index in [4.69, 9.17) is 17.3 Å². The molecule has 1 aromatic carbocycles. The quantitative estimate of drug-likeness (QED) is 0.389. The van der Waals surface area contributed by atoms with E-state index in [9.17, 15) is 0 Å². The summed E-state index contributed by atoms with van der Waals surface area (Å²) in [7, 11) is 0. The van der Waals surface area contributed by atoms with Gasteiger partial charge >= 0.3 is 0 Å². The molecule has 0 aliphatic heterocycles. The van der Waals surface area contributed by atoms with Crippen LogP contribution < -0.4 is 22.7 Å².